The Labute approximate surface area is 172 Å². The van der Waals surface area contributed by atoms with E-state index in [-0.39, 0.29) is 17.4 Å². The first-order chi connectivity index (χ1) is 14.5. The fourth-order valence-corrected chi connectivity index (χ4v) is 3.15. The third-order valence-electron chi connectivity index (χ3n) is 4.86. The highest BCUT2D eigenvalue weighted by atomic mass is 19.1. The molecule has 0 spiro atoms. The predicted octanol–water partition coefficient (Wildman–Crippen LogP) is 3.99. The van der Waals surface area contributed by atoms with E-state index < -0.39 is 5.82 Å². The van der Waals surface area contributed by atoms with Crippen LogP contribution in [-0.4, -0.2) is 35.2 Å². The maximum atomic E-state index is 13.6. The van der Waals surface area contributed by atoms with Crippen molar-refractivity contribution in [3.05, 3.63) is 95.7 Å². The Bertz CT molecular complexity index is 1230. The molecule has 0 saturated heterocycles. The summed E-state index contributed by atoms with van der Waals surface area (Å²) >= 11 is 0. The second-order valence-electron chi connectivity index (χ2n) is 6.69. The quantitative estimate of drug-likeness (QED) is 0.473. The SMILES string of the molecule is COc1ccc(N(C)C(=O)c2ccc(C(=O)c3cnc4ccc(F)cn34)cc2)cc1. The number of nitrogens with zero attached hydrogens (tertiary/aromatic N) is 3. The van der Waals surface area contributed by atoms with Gasteiger partial charge in [0.05, 0.1) is 13.3 Å². The van der Waals surface area contributed by atoms with Crippen LogP contribution in [0.3, 0.4) is 0 Å². The Morgan fingerprint density at radius 1 is 0.967 bits per heavy atom. The lowest BCUT2D eigenvalue weighted by Crippen LogP contribution is -2.26. The molecule has 0 N–H and O–H groups in total. The van der Waals surface area contributed by atoms with E-state index >= 15 is 0 Å². The molecule has 0 fully saturated rings. The molecule has 0 aliphatic carbocycles. The molecule has 1 amide bonds. The topological polar surface area (TPSA) is 63.9 Å². The largest absolute Gasteiger partial charge is 0.497 e. The number of amides is 1. The Morgan fingerprint density at radius 2 is 1.63 bits per heavy atom. The average molecular weight is 403 g/mol. The minimum atomic E-state index is -0.461. The number of fused-ring (bicyclic) bond motifs is 1. The van der Waals surface area contributed by atoms with E-state index in [0.29, 0.717) is 28.2 Å². The van der Waals surface area contributed by atoms with Gasteiger partial charge in [-0.15, -0.1) is 0 Å². The van der Waals surface area contributed by atoms with Crippen LogP contribution in [0.2, 0.25) is 0 Å². The number of carbonyl (C=O) groups is 2. The van der Waals surface area contributed by atoms with Gasteiger partial charge < -0.3 is 9.64 Å². The van der Waals surface area contributed by atoms with Crippen LogP contribution in [0.4, 0.5) is 10.1 Å². The van der Waals surface area contributed by atoms with Gasteiger partial charge in [-0.25, -0.2) is 9.37 Å². The smallest absolute Gasteiger partial charge is 0.258 e. The molecule has 0 atom stereocenters. The van der Waals surface area contributed by atoms with Gasteiger partial charge in [-0.05, 0) is 48.5 Å². The summed E-state index contributed by atoms with van der Waals surface area (Å²) in [4.78, 5) is 31.3. The van der Waals surface area contributed by atoms with Crippen molar-refractivity contribution in [3.63, 3.8) is 0 Å². The number of ketones is 1. The summed E-state index contributed by atoms with van der Waals surface area (Å²) in [5.74, 6) is -0.279. The van der Waals surface area contributed by atoms with Crippen LogP contribution >= 0.6 is 0 Å². The van der Waals surface area contributed by atoms with Gasteiger partial charge in [-0.2, -0.15) is 0 Å². The minimum Gasteiger partial charge on any atom is -0.497 e. The van der Waals surface area contributed by atoms with E-state index in [0.717, 1.165) is 0 Å². The summed E-state index contributed by atoms with van der Waals surface area (Å²) in [5.41, 5.74) is 2.26. The fraction of sp³-hybridized carbons (Fsp3) is 0.0870. The molecule has 30 heavy (non-hydrogen) atoms. The van der Waals surface area contributed by atoms with Gasteiger partial charge in [-0.3, -0.25) is 14.0 Å². The highest BCUT2D eigenvalue weighted by Crippen LogP contribution is 2.21. The first-order valence-corrected chi connectivity index (χ1v) is 9.17. The van der Waals surface area contributed by atoms with Crippen LogP contribution in [0.1, 0.15) is 26.4 Å². The first-order valence-electron chi connectivity index (χ1n) is 9.17. The van der Waals surface area contributed by atoms with Crippen molar-refractivity contribution in [3.8, 4) is 5.75 Å². The normalized spacial score (nSPS) is 10.8. The predicted molar refractivity (Wildman–Crippen MR) is 111 cm³/mol. The molecule has 0 saturated carbocycles. The molecule has 0 aliphatic heterocycles. The van der Waals surface area contributed by atoms with Crippen LogP contribution in [0, 0.1) is 5.82 Å². The third kappa shape index (κ3) is 3.53. The summed E-state index contributed by atoms with van der Waals surface area (Å²) in [6.45, 7) is 0. The van der Waals surface area contributed by atoms with Gasteiger partial charge in [0.2, 0.25) is 5.78 Å². The van der Waals surface area contributed by atoms with E-state index in [4.69, 9.17) is 4.74 Å². The van der Waals surface area contributed by atoms with Crippen molar-refractivity contribution in [2.24, 2.45) is 0 Å². The van der Waals surface area contributed by atoms with Crippen molar-refractivity contribution in [1.82, 2.24) is 9.38 Å². The molecule has 0 radical (unpaired) electrons. The summed E-state index contributed by atoms with van der Waals surface area (Å²) < 4.78 is 20.1. The Balaban J connectivity index is 1.56. The molecular formula is C23H18FN3O3. The lowest BCUT2D eigenvalue weighted by molar-refractivity contribution is 0.0990. The summed E-state index contributed by atoms with van der Waals surface area (Å²) in [6, 6.07) is 16.3. The Kier molecular flexibility index (Phi) is 5.02. The maximum Gasteiger partial charge on any atom is 0.258 e. The second-order valence-corrected chi connectivity index (χ2v) is 6.69. The number of carbonyl (C=O) groups excluding carboxylic acids is 2. The molecule has 0 unspecified atom stereocenters. The maximum absolute atomic E-state index is 13.6. The van der Waals surface area contributed by atoms with Crippen LogP contribution in [0.15, 0.2) is 73.1 Å². The molecule has 0 aliphatic rings. The van der Waals surface area contributed by atoms with Gasteiger partial charge in [0.1, 0.15) is 22.9 Å². The fourth-order valence-electron chi connectivity index (χ4n) is 3.15. The number of anilines is 1. The number of halogens is 1. The van der Waals surface area contributed by atoms with E-state index in [1.807, 2.05) is 0 Å². The molecule has 4 rings (SSSR count). The Morgan fingerprint density at radius 3 is 2.30 bits per heavy atom. The third-order valence-corrected chi connectivity index (χ3v) is 4.86. The molecule has 2 aromatic carbocycles. The number of hydrogen-bond donors (Lipinski definition) is 0. The zero-order valence-corrected chi connectivity index (χ0v) is 16.4. The van der Waals surface area contributed by atoms with Gasteiger partial charge in [0.15, 0.2) is 0 Å². The summed E-state index contributed by atoms with van der Waals surface area (Å²) in [6.07, 6.45) is 2.63. The monoisotopic (exact) mass is 403 g/mol. The lowest BCUT2D eigenvalue weighted by atomic mass is 10.1. The summed E-state index contributed by atoms with van der Waals surface area (Å²) in [5, 5.41) is 0. The lowest BCUT2D eigenvalue weighted by Gasteiger charge is -2.18. The number of methoxy groups -OCH3 is 1. The number of pyridine rings is 1. The first kappa shape index (κ1) is 19.3. The van der Waals surface area contributed by atoms with Gasteiger partial charge in [-0.1, -0.05) is 12.1 Å². The van der Waals surface area contributed by atoms with Gasteiger partial charge in [0, 0.05) is 30.1 Å². The van der Waals surface area contributed by atoms with Crippen LogP contribution in [-0.2, 0) is 0 Å². The van der Waals surface area contributed by atoms with Crippen LogP contribution < -0.4 is 9.64 Å². The van der Waals surface area contributed by atoms with Crippen molar-refractivity contribution in [2.75, 3.05) is 19.1 Å². The Hall–Kier alpha value is -4.00. The zero-order valence-electron chi connectivity index (χ0n) is 16.4. The standard InChI is InChI=1S/C23H18FN3O3/c1-26(18-8-10-19(30-2)11-9-18)23(29)16-5-3-15(4-6-16)22(28)20-13-25-21-12-7-17(24)14-27(20)21/h3-14H,1-2H3. The highest BCUT2D eigenvalue weighted by molar-refractivity contribution is 6.10. The summed E-state index contributed by atoms with van der Waals surface area (Å²) in [7, 11) is 3.26. The van der Waals surface area contributed by atoms with E-state index in [2.05, 4.69) is 4.98 Å². The number of imidazole rings is 1. The van der Waals surface area contributed by atoms with E-state index in [9.17, 15) is 14.0 Å². The number of benzene rings is 2. The van der Waals surface area contributed by atoms with E-state index in [1.165, 1.54) is 33.8 Å². The number of rotatable bonds is 5. The second kappa shape index (κ2) is 7.79. The molecule has 6 nitrogen and oxygen atoms in total. The molecule has 0 bridgehead atoms. The number of hydrogen-bond acceptors (Lipinski definition) is 4. The van der Waals surface area contributed by atoms with Crippen molar-refractivity contribution >= 4 is 23.0 Å². The molecule has 2 heterocycles. The molecular weight excluding hydrogens is 385 g/mol. The van der Waals surface area contributed by atoms with Crippen molar-refractivity contribution < 1.29 is 18.7 Å². The zero-order chi connectivity index (χ0) is 21.3. The molecule has 4 aromatic rings. The van der Waals surface area contributed by atoms with Gasteiger partial charge >= 0.3 is 0 Å². The van der Waals surface area contributed by atoms with Crippen molar-refractivity contribution in [2.45, 2.75) is 0 Å². The molecule has 7 heteroatoms. The molecule has 150 valence electrons. The van der Waals surface area contributed by atoms with Crippen LogP contribution in [0.5, 0.6) is 5.75 Å². The highest BCUT2D eigenvalue weighted by Gasteiger charge is 2.17. The minimum absolute atomic E-state index is 0.212. The van der Waals surface area contributed by atoms with Gasteiger partial charge in [0.25, 0.3) is 5.91 Å². The molecule has 2 aromatic heterocycles. The van der Waals surface area contributed by atoms with Crippen molar-refractivity contribution in [1.29, 1.82) is 0 Å². The number of aromatic nitrogens is 2. The number of ether oxygens (including phenoxy) is 1. The van der Waals surface area contributed by atoms with E-state index in [1.54, 1.807) is 62.7 Å². The van der Waals surface area contributed by atoms with Crippen LogP contribution in [0.25, 0.3) is 5.65 Å². The average Bonchev–Trinajstić information content (AvgIpc) is 3.20.